The van der Waals surface area contributed by atoms with Crippen LogP contribution in [-0.4, -0.2) is 42.5 Å². The van der Waals surface area contributed by atoms with E-state index in [1.807, 2.05) is 25.1 Å². The number of aryl methyl sites for hydroxylation is 1. The molecule has 1 amide bonds. The van der Waals surface area contributed by atoms with Gasteiger partial charge in [0.2, 0.25) is 0 Å². The third kappa shape index (κ3) is 3.38. The molecule has 3 rings (SSSR count). The van der Waals surface area contributed by atoms with E-state index in [1.54, 1.807) is 0 Å². The smallest absolute Gasteiger partial charge is 0.251 e. The second-order valence-corrected chi connectivity index (χ2v) is 6.25. The minimum atomic E-state index is 0.00609. The number of anilines is 1. The molecule has 1 aromatic carbocycles. The van der Waals surface area contributed by atoms with Crippen LogP contribution >= 0.6 is 0 Å². The van der Waals surface area contributed by atoms with E-state index in [2.05, 4.69) is 22.5 Å². The van der Waals surface area contributed by atoms with E-state index in [1.165, 1.54) is 31.4 Å². The van der Waals surface area contributed by atoms with Crippen LogP contribution in [0.25, 0.3) is 0 Å². The minimum Gasteiger partial charge on any atom is -0.381 e. The quantitative estimate of drug-likeness (QED) is 0.874. The van der Waals surface area contributed by atoms with Gasteiger partial charge in [-0.25, -0.2) is 0 Å². The first-order chi connectivity index (χ1) is 10.2. The summed E-state index contributed by atoms with van der Waals surface area (Å²) in [5, 5.41) is 6.49. The summed E-state index contributed by atoms with van der Waals surface area (Å²) in [6.07, 6.45) is 3.94. The van der Waals surface area contributed by atoms with Gasteiger partial charge in [-0.3, -0.25) is 9.69 Å². The molecule has 114 valence electrons. The van der Waals surface area contributed by atoms with Crippen LogP contribution in [0, 0.1) is 6.92 Å². The summed E-state index contributed by atoms with van der Waals surface area (Å²) in [4.78, 5) is 14.5. The van der Waals surface area contributed by atoms with Gasteiger partial charge in [0.05, 0.1) is 0 Å². The second kappa shape index (κ2) is 6.06. The van der Waals surface area contributed by atoms with Gasteiger partial charge in [-0.1, -0.05) is 6.07 Å². The average Bonchev–Trinajstić information content (AvgIpc) is 3.22. The van der Waals surface area contributed by atoms with Crippen molar-refractivity contribution >= 4 is 11.6 Å². The summed E-state index contributed by atoms with van der Waals surface area (Å²) in [5.41, 5.74) is 3.04. The maximum Gasteiger partial charge on any atom is 0.251 e. The van der Waals surface area contributed by atoms with Crippen molar-refractivity contribution in [2.75, 3.05) is 25.0 Å². The van der Waals surface area contributed by atoms with Crippen molar-refractivity contribution in [1.82, 2.24) is 10.2 Å². The summed E-state index contributed by atoms with van der Waals surface area (Å²) in [7, 11) is 0. The molecule has 0 spiro atoms. The fraction of sp³-hybridized carbons (Fsp3) is 0.588. The molecule has 0 radical (unpaired) electrons. The number of amides is 1. The van der Waals surface area contributed by atoms with Crippen molar-refractivity contribution in [2.45, 2.75) is 45.2 Å². The molecule has 1 aliphatic heterocycles. The molecule has 4 nitrogen and oxygen atoms in total. The molecular weight excluding hydrogens is 262 g/mol. The molecule has 1 saturated carbocycles. The molecule has 2 fully saturated rings. The zero-order valence-corrected chi connectivity index (χ0v) is 13.0. The fourth-order valence-electron chi connectivity index (χ4n) is 3.08. The highest BCUT2D eigenvalue weighted by atomic mass is 16.1. The normalized spacial score (nSPS) is 22.3. The third-order valence-electron chi connectivity index (χ3n) is 4.48. The lowest BCUT2D eigenvalue weighted by Crippen LogP contribution is -2.28. The van der Waals surface area contributed by atoms with Gasteiger partial charge >= 0.3 is 0 Å². The standard InChI is InChI=1S/C17H25N3O/c1-3-18-17(21)13-5-4-12(2)16(10-13)19-14-8-9-20(11-14)15-6-7-15/h4-5,10,14-15,19H,3,6-9,11H2,1-2H3,(H,18,21). The minimum absolute atomic E-state index is 0.00609. The van der Waals surface area contributed by atoms with E-state index in [4.69, 9.17) is 0 Å². The number of rotatable bonds is 5. The highest BCUT2D eigenvalue weighted by Crippen LogP contribution is 2.31. The summed E-state index contributed by atoms with van der Waals surface area (Å²) < 4.78 is 0. The number of benzene rings is 1. The van der Waals surface area contributed by atoms with Crippen LogP contribution in [0.3, 0.4) is 0 Å². The Morgan fingerprint density at radius 2 is 2.14 bits per heavy atom. The van der Waals surface area contributed by atoms with E-state index >= 15 is 0 Å². The molecule has 1 saturated heterocycles. The molecule has 1 aromatic rings. The number of hydrogen-bond acceptors (Lipinski definition) is 3. The lowest BCUT2D eigenvalue weighted by Gasteiger charge is -2.18. The number of hydrogen-bond donors (Lipinski definition) is 2. The van der Waals surface area contributed by atoms with Crippen molar-refractivity contribution in [3.63, 3.8) is 0 Å². The Morgan fingerprint density at radius 1 is 1.33 bits per heavy atom. The second-order valence-electron chi connectivity index (χ2n) is 6.25. The Morgan fingerprint density at radius 3 is 2.86 bits per heavy atom. The van der Waals surface area contributed by atoms with Crippen LogP contribution in [-0.2, 0) is 0 Å². The third-order valence-corrected chi connectivity index (χ3v) is 4.48. The van der Waals surface area contributed by atoms with E-state index < -0.39 is 0 Å². The van der Waals surface area contributed by atoms with Gasteiger partial charge in [-0.2, -0.15) is 0 Å². The van der Waals surface area contributed by atoms with E-state index in [0.717, 1.165) is 23.8 Å². The van der Waals surface area contributed by atoms with Gasteiger partial charge in [0.25, 0.3) is 5.91 Å². The first kappa shape index (κ1) is 14.4. The fourth-order valence-corrected chi connectivity index (χ4v) is 3.08. The van der Waals surface area contributed by atoms with Gasteiger partial charge in [-0.05, 0) is 50.8 Å². The van der Waals surface area contributed by atoms with E-state index in [-0.39, 0.29) is 5.91 Å². The number of carbonyl (C=O) groups is 1. The molecule has 1 unspecified atom stereocenters. The molecule has 2 N–H and O–H groups in total. The van der Waals surface area contributed by atoms with Crippen molar-refractivity contribution in [3.05, 3.63) is 29.3 Å². The van der Waals surface area contributed by atoms with Crippen LogP contribution in [0.15, 0.2) is 18.2 Å². The van der Waals surface area contributed by atoms with Gasteiger partial charge in [0.15, 0.2) is 0 Å². The van der Waals surface area contributed by atoms with Gasteiger partial charge in [0.1, 0.15) is 0 Å². The molecule has 1 aliphatic carbocycles. The van der Waals surface area contributed by atoms with Crippen LogP contribution in [0.2, 0.25) is 0 Å². The Bertz CT molecular complexity index is 525. The lowest BCUT2D eigenvalue weighted by molar-refractivity contribution is 0.0956. The highest BCUT2D eigenvalue weighted by molar-refractivity contribution is 5.95. The number of nitrogens with one attached hydrogen (secondary N) is 2. The SMILES string of the molecule is CCNC(=O)c1ccc(C)c(NC2CCN(C3CC3)C2)c1. The number of likely N-dealkylation sites (tertiary alicyclic amines) is 1. The summed E-state index contributed by atoms with van der Waals surface area (Å²) in [5.74, 6) is 0.00609. The maximum absolute atomic E-state index is 11.9. The summed E-state index contributed by atoms with van der Waals surface area (Å²) in [6, 6.07) is 7.27. The van der Waals surface area contributed by atoms with Crippen molar-refractivity contribution < 1.29 is 4.79 Å². The lowest BCUT2D eigenvalue weighted by atomic mass is 10.1. The summed E-state index contributed by atoms with van der Waals surface area (Å²) >= 11 is 0. The predicted molar refractivity (Wildman–Crippen MR) is 85.8 cm³/mol. The zero-order chi connectivity index (χ0) is 14.8. The zero-order valence-electron chi connectivity index (χ0n) is 13.0. The Kier molecular flexibility index (Phi) is 4.15. The Labute approximate surface area is 126 Å². The van der Waals surface area contributed by atoms with Gasteiger partial charge in [0, 0.05) is 43.0 Å². The van der Waals surface area contributed by atoms with Gasteiger partial charge < -0.3 is 10.6 Å². The summed E-state index contributed by atoms with van der Waals surface area (Å²) in [6.45, 7) is 7.04. The molecule has 4 heteroatoms. The Balaban J connectivity index is 1.66. The highest BCUT2D eigenvalue weighted by Gasteiger charge is 2.34. The predicted octanol–water partition coefficient (Wildman–Crippen LogP) is 2.39. The first-order valence-electron chi connectivity index (χ1n) is 8.07. The first-order valence-corrected chi connectivity index (χ1v) is 8.07. The largest absolute Gasteiger partial charge is 0.381 e. The van der Waals surface area contributed by atoms with Crippen molar-refractivity contribution in [1.29, 1.82) is 0 Å². The topological polar surface area (TPSA) is 44.4 Å². The van der Waals surface area contributed by atoms with Crippen LogP contribution in [0.4, 0.5) is 5.69 Å². The van der Waals surface area contributed by atoms with Crippen LogP contribution in [0.1, 0.15) is 42.1 Å². The monoisotopic (exact) mass is 287 g/mol. The van der Waals surface area contributed by atoms with Gasteiger partial charge in [-0.15, -0.1) is 0 Å². The molecule has 0 aromatic heterocycles. The van der Waals surface area contributed by atoms with Crippen molar-refractivity contribution in [2.24, 2.45) is 0 Å². The van der Waals surface area contributed by atoms with Crippen LogP contribution in [0.5, 0.6) is 0 Å². The van der Waals surface area contributed by atoms with E-state index in [0.29, 0.717) is 12.6 Å². The average molecular weight is 287 g/mol. The van der Waals surface area contributed by atoms with Crippen LogP contribution < -0.4 is 10.6 Å². The molecule has 1 atom stereocenters. The molecule has 0 bridgehead atoms. The molecule has 21 heavy (non-hydrogen) atoms. The van der Waals surface area contributed by atoms with Crippen molar-refractivity contribution in [3.8, 4) is 0 Å². The Hall–Kier alpha value is -1.55. The molecule has 2 aliphatic rings. The maximum atomic E-state index is 11.9. The number of nitrogens with zero attached hydrogens (tertiary/aromatic N) is 1. The molecular formula is C17H25N3O. The molecule has 1 heterocycles. The van der Waals surface area contributed by atoms with E-state index in [9.17, 15) is 4.79 Å². The number of carbonyl (C=O) groups excluding carboxylic acids is 1.